The molecule has 0 bridgehead atoms. The molecule has 0 spiro atoms. The van der Waals surface area contributed by atoms with Gasteiger partial charge in [0.15, 0.2) is 5.69 Å². The Morgan fingerprint density at radius 2 is 1.94 bits per heavy atom. The number of benzene rings is 1. The minimum absolute atomic E-state index is 0.0359. The fourth-order valence-electron chi connectivity index (χ4n) is 4.51. The number of amides is 2. The highest BCUT2D eigenvalue weighted by Gasteiger charge is 2.36. The zero-order valence-electron chi connectivity index (χ0n) is 18.7. The van der Waals surface area contributed by atoms with Crippen molar-refractivity contribution in [3.63, 3.8) is 0 Å². The summed E-state index contributed by atoms with van der Waals surface area (Å²) in [5.41, 5.74) is 2.32. The predicted octanol–water partition coefficient (Wildman–Crippen LogP) is 2.94. The van der Waals surface area contributed by atoms with E-state index in [1.807, 2.05) is 38.1 Å². The third-order valence-electron chi connectivity index (χ3n) is 6.30. The number of carbonyl (C=O) groups is 2. The number of nitrogens with zero attached hydrogens (tertiary/aromatic N) is 5. The first-order valence-electron chi connectivity index (χ1n) is 11.3. The Morgan fingerprint density at radius 3 is 2.71 bits per heavy atom. The van der Waals surface area contributed by atoms with Crippen LogP contribution in [0.1, 0.15) is 44.1 Å². The van der Waals surface area contributed by atoms with Crippen molar-refractivity contribution in [3.8, 4) is 0 Å². The van der Waals surface area contributed by atoms with E-state index in [1.54, 1.807) is 15.8 Å². The highest BCUT2D eigenvalue weighted by atomic mass is 16.2. The number of para-hydroxylation sites is 2. The van der Waals surface area contributed by atoms with Gasteiger partial charge in [0, 0.05) is 26.2 Å². The van der Waals surface area contributed by atoms with E-state index in [0.717, 1.165) is 45.6 Å². The molecule has 2 aromatic rings. The van der Waals surface area contributed by atoms with Crippen molar-refractivity contribution in [1.29, 1.82) is 0 Å². The molecule has 1 atom stereocenters. The minimum atomic E-state index is -0.305. The molecule has 1 aromatic carbocycles. The molecule has 0 saturated carbocycles. The topological polar surface area (TPSA) is 73.7 Å². The Bertz CT molecular complexity index is 955. The number of aromatic nitrogens is 2. The van der Waals surface area contributed by atoms with Gasteiger partial charge in [-0.2, -0.15) is 5.10 Å². The third kappa shape index (κ3) is 4.09. The number of aryl methyl sites for hydroxylation is 1. The normalized spacial score (nSPS) is 18.5. The van der Waals surface area contributed by atoms with Crippen molar-refractivity contribution >= 4 is 28.9 Å². The van der Waals surface area contributed by atoms with Crippen LogP contribution in [0.4, 0.5) is 17.1 Å². The van der Waals surface area contributed by atoms with Gasteiger partial charge >= 0.3 is 0 Å². The smallest absolute Gasteiger partial charge is 0.276 e. The number of rotatable bonds is 5. The van der Waals surface area contributed by atoms with Crippen LogP contribution in [0.2, 0.25) is 0 Å². The van der Waals surface area contributed by atoms with Gasteiger partial charge in [0.25, 0.3) is 5.91 Å². The summed E-state index contributed by atoms with van der Waals surface area (Å²) >= 11 is 0. The molecule has 3 heterocycles. The molecule has 2 amide bonds. The second kappa shape index (κ2) is 9.20. The largest absolute Gasteiger partial charge is 0.319 e. The van der Waals surface area contributed by atoms with E-state index in [0.29, 0.717) is 29.3 Å². The number of nitrogens with one attached hydrogen (secondary N) is 1. The summed E-state index contributed by atoms with van der Waals surface area (Å²) in [7, 11) is 0. The van der Waals surface area contributed by atoms with Crippen LogP contribution < -0.4 is 10.2 Å². The molecular formula is C23H32N6O2. The average molecular weight is 425 g/mol. The second-order valence-electron chi connectivity index (χ2n) is 8.25. The van der Waals surface area contributed by atoms with Crippen LogP contribution in [0.15, 0.2) is 30.5 Å². The molecule has 4 rings (SSSR count). The molecule has 2 aliphatic heterocycles. The van der Waals surface area contributed by atoms with Crippen LogP contribution in [0.5, 0.6) is 0 Å². The van der Waals surface area contributed by atoms with E-state index >= 15 is 0 Å². The molecule has 1 fully saturated rings. The molecular weight excluding hydrogens is 392 g/mol. The molecule has 0 aliphatic carbocycles. The van der Waals surface area contributed by atoms with Gasteiger partial charge in [-0.1, -0.05) is 26.0 Å². The highest BCUT2D eigenvalue weighted by Crippen LogP contribution is 2.38. The van der Waals surface area contributed by atoms with Gasteiger partial charge in [0.2, 0.25) is 5.91 Å². The second-order valence-corrected chi connectivity index (χ2v) is 8.25. The summed E-state index contributed by atoms with van der Waals surface area (Å²) < 4.78 is 1.70. The summed E-state index contributed by atoms with van der Waals surface area (Å²) in [6.07, 6.45) is 3.54. The van der Waals surface area contributed by atoms with Crippen molar-refractivity contribution in [2.75, 3.05) is 42.9 Å². The van der Waals surface area contributed by atoms with Gasteiger partial charge in [-0.15, -0.1) is 0 Å². The summed E-state index contributed by atoms with van der Waals surface area (Å²) in [5.74, 6) is -0.268. The summed E-state index contributed by atoms with van der Waals surface area (Å²) in [6, 6.07) is 7.18. The van der Waals surface area contributed by atoms with Crippen LogP contribution in [0.25, 0.3) is 0 Å². The van der Waals surface area contributed by atoms with Crippen molar-refractivity contribution < 1.29 is 9.59 Å². The van der Waals surface area contributed by atoms with Crippen molar-refractivity contribution in [3.05, 3.63) is 36.2 Å². The lowest BCUT2D eigenvalue weighted by molar-refractivity contribution is -0.122. The van der Waals surface area contributed by atoms with Crippen LogP contribution in [0.3, 0.4) is 0 Å². The maximum Gasteiger partial charge on any atom is 0.276 e. The number of carbonyl (C=O) groups excluding carboxylic acids is 2. The lowest BCUT2D eigenvalue weighted by Crippen LogP contribution is -2.47. The van der Waals surface area contributed by atoms with Crippen molar-refractivity contribution in [2.45, 2.75) is 46.2 Å². The van der Waals surface area contributed by atoms with Crippen molar-refractivity contribution in [2.24, 2.45) is 0 Å². The number of hydrogen-bond donors (Lipinski definition) is 1. The van der Waals surface area contributed by atoms with Crippen molar-refractivity contribution in [1.82, 2.24) is 19.6 Å². The van der Waals surface area contributed by atoms with Gasteiger partial charge in [0.1, 0.15) is 5.69 Å². The van der Waals surface area contributed by atoms with E-state index in [1.165, 1.54) is 0 Å². The van der Waals surface area contributed by atoms with E-state index in [4.69, 9.17) is 0 Å². The lowest BCUT2D eigenvalue weighted by Gasteiger charge is -2.32. The molecule has 8 heteroatoms. The van der Waals surface area contributed by atoms with Gasteiger partial charge in [-0.3, -0.25) is 24.1 Å². The monoisotopic (exact) mass is 424 g/mol. The fraction of sp³-hybridized carbons (Fsp3) is 0.522. The molecule has 31 heavy (non-hydrogen) atoms. The summed E-state index contributed by atoms with van der Waals surface area (Å²) in [4.78, 5) is 33.3. The summed E-state index contributed by atoms with van der Waals surface area (Å²) in [5, 5.41) is 7.41. The van der Waals surface area contributed by atoms with E-state index < -0.39 is 0 Å². The number of fused-ring (bicyclic) bond motifs is 2. The minimum Gasteiger partial charge on any atom is -0.319 e. The van der Waals surface area contributed by atoms with E-state index in [9.17, 15) is 9.59 Å². The van der Waals surface area contributed by atoms with E-state index in [2.05, 4.69) is 27.1 Å². The Kier molecular flexibility index (Phi) is 6.38. The first-order valence-corrected chi connectivity index (χ1v) is 11.3. The number of anilines is 3. The average Bonchev–Trinajstić information content (AvgIpc) is 2.96. The van der Waals surface area contributed by atoms with Crippen LogP contribution >= 0.6 is 0 Å². The molecule has 166 valence electrons. The third-order valence-corrected chi connectivity index (χ3v) is 6.30. The molecule has 1 unspecified atom stereocenters. The molecule has 1 N–H and O–H groups in total. The number of likely N-dealkylation sites (N-methyl/N-ethyl adjacent to an activating group) is 1. The predicted molar refractivity (Wildman–Crippen MR) is 122 cm³/mol. The van der Waals surface area contributed by atoms with Gasteiger partial charge in [0.05, 0.1) is 23.6 Å². The summed E-state index contributed by atoms with van der Waals surface area (Å²) in [6.45, 7) is 11.6. The Balaban J connectivity index is 1.72. The Morgan fingerprint density at radius 1 is 1.13 bits per heavy atom. The molecule has 8 nitrogen and oxygen atoms in total. The van der Waals surface area contributed by atoms with E-state index in [-0.39, 0.29) is 17.9 Å². The molecule has 0 radical (unpaired) electrons. The first kappa shape index (κ1) is 21.5. The Labute approximate surface area is 183 Å². The van der Waals surface area contributed by atoms with Crippen LogP contribution in [-0.2, 0) is 11.3 Å². The first-order chi connectivity index (χ1) is 15.0. The number of hydrogen-bond acceptors (Lipinski definition) is 5. The van der Waals surface area contributed by atoms with Crippen LogP contribution in [0, 0.1) is 0 Å². The molecule has 1 aromatic heterocycles. The lowest BCUT2D eigenvalue weighted by atomic mass is 10.1. The van der Waals surface area contributed by atoms with Crippen LogP contribution in [-0.4, -0.2) is 70.2 Å². The standard InChI is InChI=1S/C23H32N6O2/c1-4-11-28-21-20(16-24-28)29(19-10-7-6-9-18(19)25-22(21)30)23(31)17(3)27-13-8-12-26(5-2)14-15-27/h6-7,9-10,16-17H,4-5,8,11-15H2,1-3H3,(H,25,30). The fourth-order valence-corrected chi connectivity index (χ4v) is 4.51. The van der Waals surface area contributed by atoms with Gasteiger partial charge in [-0.05, 0) is 45.0 Å². The SMILES string of the molecule is CCCn1ncc2c1C(=O)Nc1ccccc1N2C(=O)C(C)N1CCCN(CC)CC1. The maximum atomic E-state index is 13.9. The van der Waals surface area contributed by atoms with Gasteiger partial charge < -0.3 is 10.2 Å². The molecule has 2 aliphatic rings. The maximum absolute atomic E-state index is 13.9. The van der Waals surface area contributed by atoms with Gasteiger partial charge in [-0.25, -0.2) is 0 Å². The Hall–Kier alpha value is -2.71. The highest BCUT2D eigenvalue weighted by molar-refractivity contribution is 6.17. The zero-order chi connectivity index (χ0) is 22.0. The zero-order valence-corrected chi connectivity index (χ0v) is 18.7. The quantitative estimate of drug-likeness (QED) is 0.799. The molecule has 1 saturated heterocycles.